The molecular weight excluding hydrogens is 364 g/mol. The minimum atomic E-state index is -0.0463. The summed E-state index contributed by atoms with van der Waals surface area (Å²) in [5.41, 5.74) is 0. The van der Waals surface area contributed by atoms with E-state index in [2.05, 4.69) is 51.0 Å². The Kier molecular flexibility index (Phi) is 66.2. The molecule has 2 rings (SSSR count). The van der Waals surface area contributed by atoms with Crippen LogP contribution in [0.1, 0.15) is 129 Å². The molecule has 0 aromatic rings. The molecule has 4 nitrogen and oxygen atoms in total. The lowest BCUT2D eigenvalue weighted by Gasteiger charge is -2.08. The Bertz CT molecular complexity index is 234. The molecule has 2 heterocycles. The lowest BCUT2D eigenvalue weighted by molar-refractivity contribution is -0.146. The third-order valence-corrected chi connectivity index (χ3v) is 1.83. The van der Waals surface area contributed by atoms with E-state index >= 15 is 0 Å². The molecule has 0 amide bonds. The number of hydrogen-bond donors (Lipinski definition) is 0. The van der Waals surface area contributed by atoms with Crippen LogP contribution >= 0.6 is 0 Å². The van der Waals surface area contributed by atoms with Gasteiger partial charge < -0.3 is 9.47 Å². The molecule has 4 heteroatoms. The van der Waals surface area contributed by atoms with Crippen molar-refractivity contribution in [3.63, 3.8) is 0 Å². The number of carbonyl (C=O) groups excluding carboxylic acids is 2. The van der Waals surface area contributed by atoms with E-state index in [1.54, 1.807) is 0 Å². The van der Waals surface area contributed by atoms with Crippen molar-refractivity contribution in [2.24, 2.45) is 11.8 Å². The number of cyclic esters (lactones) is 2. The summed E-state index contributed by atoms with van der Waals surface area (Å²) in [5, 5.41) is 0. The standard InChI is InChI=1S/C5H8O2.C4H6O2.2C4H10.4C2H6/c6-5-3-1-2-4-7-5;5-4-2-1-3-6-4;2*1-4(2)3;4*1-2/h1-4H2;1-3H2;2*4H,1-3H3;4*1-2H3. The fourth-order valence-corrected chi connectivity index (χ4v) is 1.10. The SMILES string of the molecule is CC.CC.CC.CC.CC(C)C.CC(C)C.O=C1CCCCO1.O=C1CCCO1. The molecule has 0 aromatic carbocycles. The number of carbonyl (C=O) groups is 2. The van der Waals surface area contributed by atoms with Crippen molar-refractivity contribution in [2.45, 2.75) is 129 Å². The Balaban J connectivity index is -0.0000000556. The van der Waals surface area contributed by atoms with Crippen LogP contribution in [0.5, 0.6) is 0 Å². The Morgan fingerprint density at radius 2 is 0.759 bits per heavy atom. The fourth-order valence-electron chi connectivity index (χ4n) is 1.10. The first-order valence-corrected chi connectivity index (χ1v) is 12.1. The summed E-state index contributed by atoms with van der Waals surface area (Å²) in [5.74, 6) is 1.58. The van der Waals surface area contributed by atoms with Gasteiger partial charge in [0.05, 0.1) is 13.2 Å². The Morgan fingerprint density at radius 1 is 0.517 bits per heavy atom. The molecule has 0 aliphatic carbocycles. The van der Waals surface area contributed by atoms with Gasteiger partial charge in [0, 0.05) is 12.8 Å². The number of hydrogen-bond acceptors (Lipinski definition) is 4. The first-order valence-electron chi connectivity index (χ1n) is 12.1. The van der Waals surface area contributed by atoms with E-state index in [0.29, 0.717) is 26.1 Å². The van der Waals surface area contributed by atoms with Gasteiger partial charge in [-0.25, -0.2) is 0 Å². The zero-order valence-electron chi connectivity index (χ0n) is 22.7. The van der Waals surface area contributed by atoms with Crippen molar-refractivity contribution < 1.29 is 19.1 Å². The summed E-state index contributed by atoms with van der Waals surface area (Å²) in [7, 11) is 0. The fraction of sp³-hybridized carbons (Fsp3) is 0.920. The van der Waals surface area contributed by atoms with Gasteiger partial charge in [0.1, 0.15) is 0 Å². The van der Waals surface area contributed by atoms with Crippen molar-refractivity contribution >= 4 is 11.9 Å². The Hall–Kier alpha value is -1.06. The molecule has 0 N–H and O–H groups in total. The average Bonchev–Trinajstić information content (AvgIpc) is 3.19. The lowest BCUT2D eigenvalue weighted by atomic mass is 10.2. The maximum absolute atomic E-state index is 10.2. The summed E-state index contributed by atoms with van der Waals surface area (Å²) in [6.45, 7) is 30.3. The van der Waals surface area contributed by atoms with E-state index in [1.165, 1.54) is 0 Å². The van der Waals surface area contributed by atoms with Gasteiger partial charge in [0.15, 0.2) is 0 Å². The molecule has 2 fully saturated rings. The second-order valence-corrected chi connectivity index (χ2v) is 6.47. The summed E-state index contributed by atoms with van der Waals surface area (Å²) in [4.78, 5) is 20.3. The molecule has 182 valence electrons. The maximum atomic E-state index is 10.2. The van der Waals surface area contributed by atoms with Crippen LogP contribution < -0.4 is 0 Å². The van der Waals surface area contributed by atoms with Crippen LogP contribution in [-0.4, -0.2) is 25.2 Å². The monoisotopic (exact) mass is 422 g/mol. The van der Waals surface area contributed by atoms with Crippen molar-refractivity contribution in [3.05, 3.63) is 0 Å². The van der Waals surface area contributed by atoms with Gasteiger partial charge in [0.2, 0.25) is 0 Å². The zero-order chi connectivity index (χ0) is 24.7. The number of rotatable bonds is 0. The van der Waals surface area contributed by atoms with Gasteiger partial charge in [-0.3, -0.25) is 9.59 Å². The van der Waals surface area contributed by atoms with Crippen LogP contribution in [0.4, 0.5) is 0 Å². The molecule has 2 aliphatic rings. The summed E-state index contributed by atoms with van der Waals surface area (Å²) in [6.07, 6.45) is 4.23. The molecule has 0 unspecified atom stereocenters. The largest absolute Gasteiger partial charge is 0.466 e. The molecule has 2 aliphatic heterocycles. The second kappa shape index (κ2) is 45.6. The maximum Gasteiger partial charge on any atom is 0.305 e. The molecule has 0 radical (unpaired) electrons. The van der Waals surface area contributed by atoms with Crippen LogP contribution in [-0.2, 0) is 19.1 Å². The van der Waals surface area contributed by atoms with Crippen LogP contribution in [0.25, 0.3) is 0 Å². The van der Waals surface area contributed by atoms with E-state index in [-0.39, 0.29) is 11.9 Å². The zero-order valence-corrected chi connectivity index (χ0v) is 22.7. The summed E-state index contributed by atoms with van der Waals surface area (Å²) < 4.78 is 9.15. The minimum absolute atomic E-state index is 0.0359. The molecule has 0 bridgehead atoms. The quantitative estimate of drug-likeness (QED) is 0.367. The van der Waals surface area contributed by atoms with Crippen molar-refractivity contribution in [1.82, 2.24) is 0 Å². The van der Waals surface area contributed by atoms with Crippen LogP contribution in [0.15, 0.2) is 0 Å². The number of ether oxygens (including phenoxy) is 2. The Morgan fingerprint density at radius 3 is 0.862 bits per heavy atom. The van der Waals surface area contributed by atoms with E-state index < -0.39 is 0 Å². The van der Waals surface area contributed by atoms with Gasteiger partial charge in [-0.1, -0.05) is 96.9 Å². The van der Waals surface area contributed by atoms with Crippen molar-refractivity contribution in [2.75, 3.05) is 13.2 Å². The molecule has 0 atom stereocenters. The molecule has 0 aromatic heterocycles. The topological polar surface area (TPSA) is 52.6 Å². The smallest absolute Gasteiger partial charge is 0.305 e. The van der Waals surface area contributed by atoms with Gasteiger partial charge in [-0.2, -0.15) is 0 Å². The van der Waals surface area contributed by atoms with Gasteiger partial charge >= 0.3 is 11.9 Å². The van der Waals surface area contributed by atoms with E-state index in [0.717, 1.165) is 31.1 Å². The van der Waals surface area contributed by atoms with Gasteiger partial charge in [-0.15, -0.1) is 0 Å². The van der Waals surface area contributed by atoms with Crippen molar-refractivity contribution in [3.8, 4) is 0 Å². The van der Waals surface area contributed by atoms with Crippen LogP contribution in [0.3, 0.4) is 0 Å². The first-order chi connectivity index (χ1) is 13.8. The first kappa shape index (κ1) is 42.1. The molecule has 29 heavy (non-hydrogen) atoms. The third-order valence-electron chi connectivity index (χ3n) is 1.83. The third kappa shape index (κ3) is 86.2. The summed E-state index contributed by atoms with van der Waals surface area (Å²) >= 11 is 0. The molecule has 0 saturated carbocycles. The predicted octanol–water partition coefficient (Wildman–Crippen LogP) is 8.47. The van der Waals surface area contributed by atoms with Crippen LogP contribution in [0, 0.1) is 11.8 Å². The molecule has 2 saturated heterocycles. The van der Waals surface area contributed by atoms with Crippen molar-refractivity contribution in [1.29, 1.82) is 0 Å². The normalized spacial score (nSPS) is 12.8. The molecule has 0 spiro atoms. The van der Waals surface area contributed by atoms with Crippen LogP contribution in [0.2, 0.25) is 0 Å². The molecular formula is C25H58O4. The van der Waals surface area contributed by atoms with E-state index in [1.807, 2.05) is 55.4 Å². The van der Waals surface area contributed by atoms with Gasteiger partial charge in [0.25, 0.3) is 0 Å². The highest BCUT2D eigenvalue weighted by molar-refractivity contribution is 5.70. The Labute approximate surface area is 185 Å². The summed E-state index contributed by atoms with van der Waals surface area (Å²) in [6, 6.07) is 0. The highest BCUT2D eigenvalue weighted by atomic mass is 16.5. The predicted molar refractivity (Wildman–Crippen MR) is 131 cm³/mol. The minimum Gasteiger partial charge on any atom is -0.466 e. The lowest BCUT2D eigenvalue weighted by Crippen LogP contribution is -2.10. The van der Waals surface area contributed by atoms with Gasteiger partial charge in [-0.05, 0) is 31.1 Å². The number of esters is 2. The average molecular weight is 423 g/mol. The highest BCUT2D eigenvalue weighted by Crippen LogP contribution is 2.04. The van der Waals surface area contributed by atoms with E-state index in [4.69, 9.17) is 0 Å². The second-order valence-electron chi connectivity index (χ2n) is 6.47. The van der Waals surface area contributed by atoms with E-state index in [9.17, 15) is 9.59 Å². The highest BCUT2D eigenvalue weighted by Gasteiger charge is 2.08.